The van der Waals surface area contributed by atoms with E-state index in [0.29, 0.717) is 18.0 Å². The minimum absolute atomic E-state index is 0.260. The third-order valence-corrected chi connectivity index (χ3v) is 5.68. The largest absolute Gasteiger partial charge is 0.510 e. The summed E-state index contributed by atoms with van der Waals surface area (Å²) < 4.78 is 6.46. The van der Waals surface area contributed by atoms with Crippen LogP contribution in [0.3, 0.4) is 0 Å². The summed E-state index contributed by atoms with van der Waals surface area (Å²) in [6.07, 6.45) is 0. The monoisotopic (exact) mass is 345 g/mol. The molecule has 0 saturated carbocycles. The van der Waals surface area contributed by atoms with Crippen LogP contribution in [0.2, 0.25) is 0 Å². The minimum atomic E-state index is 0.260. The average Bonchev–Trinajstić information content (AvgIpc) is 3.14. The first-order valence-corrected chi connectivity index (χ1v) is 9.07. The van der Waals surface area contributed by atoms with Gasteiger partial charge in [-0.3, -0.25) is 5.41 Å². The Morgan fingerprint density at radius 1 is 1.29 bits per heavy atom. The molecule has 3 N–H and O–H groups in total. The highest BCUT2D eigenvalue weighted by molar-refractivity contribution is 7.19. The molecule has 2 aliphatic heterocycles. The van der Waals surface area contributed by atoms with E-state index >= 15 is 0 Å². The van der Waals surface area contributed by atoms with Gasteiger partial charge >= 0.3 is 0 Å². The SMILES string of the molecule is N=C1C(c2nc3ccccc3s2)=C(O)CN1CC[NH+]1CCOCC1. The van der Waals surface area contributed by atoms with Gasteiger partial charge in [-0.2, -0.15) is 0 Å². The molecule has 0 aliphatic carbocycles. The summed E-state index contributed by atoms with van der Waals surface area (Å²) in [7, 11) is 0. The number of aliphatic hydroxyl groups excluding tert-OH is 1. The van der Waals surface area contributed by atoms with Crippen molar-refractivity contribution in [3.05, 3.63) is 35.0 Å². The van der Waals surface area contributed by atoms with Crippen molar-refractivity contribution in [2.24, 2.45) is 0 Å². The van der Waals surface area contributed by atoms with Gasteiger partial charge in [-0.05, 0) is 12.1 Å². The second-order valence-corrected chi connectivity index (χ2v) is 7.22. The lowest BCUT2D eigenvalue weighted by atomic mass is 10.2. The summed E-state index contributed by atoms with van der Waals surface area (Å²) >= 11 is 1.53. The first-order chi connectivity index (χ1) is 11.7. The van der Waals surface area contributed by atoms with E-state index in [9.17, 15) is 5.11 Å². The van der Waals surface area contributed by atoms with E-state index in [2.05, 4.69) is 4.98 Å². The number of rotatable bonds is 4. The molecule has 0 atom stereocenters. The van der Waals surface area contributed by atoms with Crippen LogP contribution in [0.1, 0.15) is 5.01 Å². The van der Waals surface area contributed by atoms with Crippen LogP contribution < -0.4 is 4.90 Å². The summed E-state index contributed by atoms with van der Waals surface area (Å²) in [4.78, 5) is 8.04. The normalized spacial score (nSPS) is 19.7. The summed E-state index contributed by atoms with van der Waals surface area (Å²) in [5.41, 5.74) is 1.51. The number of nitrogens with zero attached hydrogens (tertiary/aromatic N) is 2. The van der Waals surface area contributed by atoms with Crippen LogP contribution >= 0.6 is 11.3 Å². The second-order valence-electron chi connectivity index (χ2n) is 6.19. The number of nitrogens with one attached hydrogen (secondary N) is 2. The number of aliphatic hydroxyl groups is 1. The van der Waals surface area contributed by atoms with Crippen LogP contribution in [0.25, 0.3) is 15.8 Å². The number of aromatic nitrogens is 1. The average molecular weight is 345 g/mol. The number of thiazole rings is 1. The molecule has 7 heteroatoms. The molecule has 6 nitrogen and oxygen atoms in total. The molecule has 0 radical (unpaired) electrons. The Hall–Kier alpha value is -1.96. The molecule has 1 aromatic heterocycles. The molecule has 2 aliphatic rings. The molecular weight excluding hydrogens is 324 g/mol. The van der Waals surface area contributed by atoms with Crippen LogP contribution in [-0.2, 0) is 4.74 Å². The molecule has 1 aromatic carbocycles. The van der Waals surface area contributed by atoms with Crippen molar-refractivity contribution in [2.45, 2.75) is 0 Å². The van der Waals surface area contributed by atoms with E-state index < -0.39 is 0 Å². The number of ether oxygens (including phenoxy) is 1. The molecule has 0 spiro atoms. The Balaban J connectivity index is 1.48. The van der Waals surface area contributed by atoms with Crippen molar-refractivity contribution in [1.29, 1.82) is 5.41 Å². The lowest BCUT2D eigenvalue weighted by molar-refractivity contribution is -0.907. The van der Waals surface area contributed by atoms with E-state index in [-0.39, 0.29) is 5.76 Å². The van der Waals surface area contributed by atoms with Gasteiger partial charge in [0.1, 0.15) is 29.7 Å². The van der Waals surface area contributed by atoms with Gasteiger partial charge in [-0.25, -0.2) is 4.98 Å². The van der Waals surface area contributed by atoms with Gasteiger partial charge in [0.15, 0.2) is 0 Å². The molecule has 1 fully saturated rings. The second kappa shape index (κ2) is 6.51. The first-order valence-electron chi connectivity index (χ1n) is 8.25. The Morgan fingerprint density at radius 3 is 2.88 bits per heavy atom. The highest BCUT2D eigenvalue weighted by Crippen LogP contribution is 2.32. The summed E-state index contributed by atoms with van der Waals surface area (Å²) in [6.45, 7) is 5.81. The fourth-order valence-electron chi connectivity index (χ4n) is 3.23. The fourth-order valence-corrected chi connectivity index (χ4v) is 4.27. The summed E-state index contributed by atoms with van der Waals surface area (Å²) in [6, 6.07) is 7.92. The van der Waals surface area contributed by atoms with Crippen LogP contribution in [0.4, 0.5) is 0 Å². The standard InChI is InChI=1S/C17H20N4O2S/c18-16-15(17-19-12-3-1-2-4-14(12)24-17)13(22)11-21(16)6-5-20-7-9-23-10-8-20/h1-4,18,22H,5-11H2/p+1. The number of amidine groups is 1. The zero-order valence-electron chi connectivity index (χ0n) is 13.4. The number of para-hydroxylation sites is 1. The molecule has 126 valence electrons. The zero-order chi connectivity index (χ0) is 16.5. The van der Waals surface area contributed by atoms with Crippen molar-refractivity contribution in [2.75, 3.05) is 45.9 Å². The van der Waals surface area contributed by atoms with E-state index in [4.69, 9.17) is 10.1 Å². The van der Waals surface area contributed by atoms with E-state index in [1.807, 2.05) is 29.2 Å². The highest BCUT2D eigenvalue weighted by atomic mass is 32.1. The Morgan fingerprint density at radius 2 is 2.08 bits per heavy atom. The number of benzene rings is 1. The number of hydrogen-bond acceptors (Lipinski definition) is 5. The maximum absolute atomic E-state index is 10.4. The van der Waals surface area contributed by atoms with Crippen LogP contribution in [-0.4, -0.2) is 66.8 Å². The third kappa shape index (κ3) is 2.90. The van der Waals surface area contributed by atoms with Crippen molar-refractivity contribution < 1.29 is 14.7 Å². The van der Waals surface area contributed by atoms with Gasteiger partial charge in [-0.1, -0.05) is 12.1 Å². The fraction of sp³-hybridized carbons (Fsp3) is 0.412. The van der Waals surface area contributed by atoms with E-state index in [0.717, 1.165) is 54.6 Å². The van der Waals surface area contributed by atoms with Crippen molar-refractivity contribution in [3.8, 4) is 0 Å². The van der Waals surface area contributed by atoms with Crippen LogP contribution in [0.5, 0.6) is 0 Å². The molecule has 0 bridgehead atoms. The Kier molecular flexibility index (Phi) is 4.22. The Bertz CT molecular complexity index is 762. The molecule has 24 heavy (non-hydrogen) atoms. The Labute approximate surface area is 144 Å². The predicted octanol–water partition coefficient (Wildman–Crippen LogP) is 0.773. The van der Waals surface area contributed by atoms with Crippen LogP contribution in [0, 0.1) is 5.41 Å². The maximum atomic E-state index is 10.4. The predicted molar refractivity (Wildman–Crippen MR) is 94.9 cm³/mol. The summed E-state index contributed by atoms with van der Waals surface area (Å²) in [5, 5.41) is 19.6. The molecule has 1 saturated heterocycles. The van der Waals surface area contributed by atoms with Gasteiger partial charge in [0, 0.05) is 0 Å². The molecule has 2 aromatic rings. The van der Waals surface area contributed by atoms with Crippen molar-refractivity contribution >= 4 is 33.0 Å². The van der Waals surface area contributed by atoms with Gasteiger partial charge in [0.2, 0.25) is 0 Å². The quantitative estimate of drug-likeness (QED) is 0.765. The van der Waals surface area contributed by atoms with Crippen molar-refractivity contribution in [1.82, 2.24) is 9.88 Å². The first kappa shape index (κ1) is 15.6. The molecule has 0 unspecified atom stereocenters. The zero-order valence-corrected chi connectivity index (χ0v) is 14.2. The van der Waals surface area contributed by atoms with Crippen molar-refractivity contribution in [3.63, 3.8) is 0 Å². The minimum Gasteiger partial charge on any atom is -0.510 e. The number of morpholine rings is 1. The van der Waals surface area contributed by atoms with Gasteiger partial charge in [-0.15, -0.1) is 11.3 Å². The number of hydrogen-bond donors (Lipinski definition) is 3. The smallest absolute Gasteiger partial charge is 0.135 e. The molecular formula is C17H21N4O2S+. The van der Waals surface area contributed by atoms with Gasteiger partial charge in [0.05, 0.1) is 48.6 Å². The molecule has 3 heterocycles. The molecule has 0 amide bonds. The highest BCUT2D eigenvalue weighted by Gasteiger charge is 2.31. The van der Waals surface area contributed by atoms with E-state index in [1.54, 1.807) is 0 Å². The third-order valence-electron chi connectivity index (χ3n) is 4.63. The number of quaternary nitrogens is 1. The maximum Gasteiger partial charge on any atom is 0.135 e. The van der Waals surface area contributed by atoms with E-state index in [1.165, 1.54) is 16.2 Å². The lowest BCUT2D eigenvalue weighted by Gasteiger charge is -2.26. The van der Waals surface area contributed by atoms with Gasteiger partial charge in [0.25, 0.3) is 0 Å². The van der Waals surface area contributed by atoms with Crippen LogP contribution in [0.15, 0.2) is 30.0 Å². The lowest BCUT2D eigenvalue weighted by Crippen LogP contribution is -3.14. The molecule has 4 rings (SSSR count). The number of fused-ring (bicyclic) bond motifs is 1. The topological polar surface area (TPSA) is 73.9 Å². The van der Waals surface area contributed by atoms with Gasteiger partial charge < -0.3 is 19.6 Å². The summed E-state index contributed by atoms with van der Waals surface area (Å²) in [5.74, 6) is 0.648.